The zero-order valence-corrected chi connectivity index (χ0v) is 75.3. The number of nitrogens with one attached hydrogen (secondary N) is 6. The summed E-state index contributed by atoms with van der Waals surface area (Å²) in [5.41, 5.74) is 21.7. The molecular formula is C68H110F4N20O20P4S4+2. The predicted octanol–water partition coefficient (Wildman–Crippen LogP) is 0.282. The summed E-state index contributed by atoms with van der Waals surface area (Å²) in [6, 6.07) is 2.67. The first-order valence-electron chi connectivity index (χ1n) is 39.5. The van der Waals surface area contributed by atoms with Crippen LogP contribution in [0.4, 0.5) is 40.8 Å². The summed E-state index contributed by atoms with van der Waals surface area (Å²) in [7, 11) is 0. The standard InChI is InChI=1S/2C22H24F2N8O10P2S2.4C6H15N/c2*23-13-17-9(39-21(13)31-5-27-15-7(31)1-11(25)30-20(15)34)3-37-44(36,46)42-18-10(4-38-43(35,45)41-17)40-22(14(18)24)32-6-28-16-8(33)2-12(26)29-19(16)32;4*1-4-7(5-2)6-3/h2*1,5-6,9-10,13-14,17-18,21-22H,2-4H2,(H2,26,29)(H,35,45)(H,36,46)(H3,25,30,34);4*4-6H2,1-3H3/p+2/t2*9-,10-,13-,14-,17-,18-,21-,22-,43?,44?;;;;/m11..../s1. The molecule has 8 aliphatic rings. The number of carbonyl (C=O) groups excluding carboxylic acids is 2. The minimum Gasteiger partial charge on any atom is -0.780 e. The van der Waals surface area contributed by atoms with Crippen molar-refractivity contribution in [1.82, 2.24) is 48.2 Å². The molecule has 0 radical (unpaired) electrons. The number of fused-ring (bicyclic) bond motifs is 8. The van der Waals surface area contributed by atoms with Crippen molar-refractivity contribution in [3.63, 3.8) is 0 Å². The van der Waals surface area contributed by atoms with E-state index in [1.54, 1.807) is 19.6 Å². The third kappa shape index (κ3) is 23.8. The van der Waals surface area contributed by atoms with Crippen LogP contribution in [0.15, 0.2) is 57.0 Å². The van der Waals surface area contributed by atoms with Gasteiger partial charge in [-0.1, -0.05) is 35.9 Å². The number of nitrogens with two attached hydrogens (primary N) is 4. The number of carbonyl (C=O) groups is 2. The number of pyridine rings is 2. The number of hydrogen-bond acceptors (Lipinski definition) is 32. The lowest BCUT2D eigenvalue weighted by Gasteiger charge is -2.35. The SMILES string of the molecule is CC[NH+](CC)CC.CC[NH+](CC)CC.CC[NH+](CC)CC.CC[NH+](CC)CC.NC1=Nc2c(ncn2[C@@H]2O[C@@H]3COP(=O)(S)O[C@H]4[C@@H](F)[C@H](n5cnc6c(=O)[nH]c(N)cc65)O[C@@H]4COP([O-])(=S)O[C@H]3[C@H]2F)C(=O)C1.NC1=Nc2c(ncn2[C@@H]2O[C@@H]3COP(O)(=S)O[C@H]4[C@@H](F)[C@H](n5cnc6c(=O)[nH]c(N)cc65)O[C@@H]4COP([O-])(=S)O[C@H]3[C@H]2F)C(=O)C1. The number of nitrogen functional groups attached to an aromatic ring is 2. The largest absolute Gasteiger partial charge is 0.780 e. The number of thiol groups is 1. The minimum atomic E-state index is -4.57. The molecule has 52 heteroatoms. The molecule has 120 heavy (non-hydrogen) atoms. The summed E-state index contributed by atoms with van der Waals surface area (Å²) in [4.78, 5) is 122. The number of aromatic amines is 2. The molecule has 672 valence electrons. The van der Waals surface area contributed by atoms with E-state index in [1.165, 1.54) is 99.8 Å². The molecule has 14 rings (SSSR count). The molecule has 0 saturated carbocycles. The average molecular weight is 1860 g/mol. The molecule has 40 nitrogen and oxygen atoms in total. The lowest BCUT2D eigenvalue weighted by Crippen LogP contribution is -3.11. The molecular weight excluding hydrogens is 1750 g/mol. The van der Waals surface area contributed by atoms with E-state index in [0.717, 1.165) is 34.4 Å². The van der Waals surface area contributed by atoms with Crippen LogP contribution in [0, 0.1) is 0 Å². The Morgan fingerprint density at radius 1 is 0.467 bits per heavy atom. The highest BCUT2D eigenvalue weighted by Gasteiger charge is 2.56. The summed E-state index contributed by atoms with van der Waals surface area (Å²) in [5.74, 6) is -1.15. The Morgan fingerprint density at radius 2 is 0.750 bits per heavy atom. The van der Waals surface area contributed by atoms with E-state index in [-0.39, 0.29) is 81.2 Å². The fraction of sp³-hybridized carbons (Fsp3) is 0.676. The maximum absolute atomic E-state index is 16.0. The minimum absolute atomic E-state index is 0.0263. The number of ether oxygens (including phenoxy) is 4. The van der Waals surface area contributed by atoms with Crippen molar-refractivity contribution in [2.24, 2.45) is 21.5 Å². The Balaban J connectivity index is 0.000000207. The lowest BCUT2D eigenvalue weighted by atomic mass is 10.1. The van der Waals surface area contributed by atoms with Crippen molar-refractivity contribution >= 4 is 143 Å². The van der Waals surface area contributed by atoms with E-state index in [4.69, 9.17) is 113 Å². The fourth-order valence-corrected chi connectivity index (χ4v) is 19.9. The van der Waals surface area contributed by atoms with Gasteiger partial charge < -0.3 is 118 Å². The number of alkyl halides is 4. The van der Waals surface area contributed by atoms with Gasteiger partial charge in [0.25, 0.3) is 11.1 Å². The summed E-state index contributed by atoms with van der Waals surface area (Å²) in [5, 5.41) is 0. The Kier molecular flexibility index (Phi) is 35.4. The number of quaternary nitrogens is 4. The first kappa shape index (κ1) is 98.4. The van der Waals surface area contributed by atoms with E-state index < -0.39 is 174 Å². The number of rotatable bonds is 16. The number of Topliss-reactive ketones (excluding diaryl/α,β-unsaturated/α-hetero) is 2. The monoisotopic (exact) mass is 1850 g/mol. The number of aliphatic imine (C=N–C) groups is 2. The number of nitrogens with zero attached hydrogens (tertiary/aromatic N) is 10. The number of imidazole rings is 4. The molecule has 8 aliphatic heterocycles. The smallest absolute Gasteiger partial charge is 0.386 e. The van der Waals surface area contributed by atoms with Gasteiger partial charge in [-0.05, 0) is 94.9 Å². The van der Waals surface area contributed by atoms with Crippen molar-refractivity contribution in [2.45, 2.75) is 194 Å². The molecule has 6 saturated heterocycles. The van der Waals surface area contributed by atoms with Gasteiger partial charge in [0.2, 0.25) is 0 Å². The Morgan fingerprint density at radius 3 is 1.07 bits per heavy atom. The van der Waals surface area contributed by atoms with E-state index >= 15 is 17.6 Å². The predicted molar refractivity (Wildman–Crippen MR) is 445 cm³/mol. The molecule has 0 spiro atoms. The van der Waals surface area contributed by atoms with Gasteiger partial charge in [0, 0.05) is 12.1 Å². The van der Waals surface area contributed by atoms with Crippen LogP contribution in [0.3, 0.4) is 0 Å². The zero-order valence-electron chi connectivity index (χ0n) is 68.4. The van der Waals surface area contributed by atoms with Crippen LogP contribution in [-0.2, 0) is 95.1 Å². The molecule has 0 aromatic carbocycles. The third-order valence-corrected chi connectivity index (χ3v) is 27.5. The topological polar surface area (TPSA) is 512 Å². The Labute approximate surface area is 710 Å². The molecule has 0 aliphatic carbocycles. The lowest BCUT2D eigenvalue weighted by molar-refractivity contribution is -0.894. The second-order valence-corrected chi connectivity index (χ2v) is 39.6. The maximum Gasteiger partial charge on any atom is 0.386 e. The van der Waals surface area contributed by atoms with Gasteiger partial charge in [-0.25, -0.2) is 52.0 Å². The Bertz CT molecular complexity index is 4530. The van der Waals surface area contributed by atoms with Crippen LogP contribution in [0.1, 0.15) is 142 Å². The zero-order chi connectivity index (χ0) is 88.2. The molecule has 20 atom stereocenters. The first-order valence-corrected chi connectivity index (χ1v) is 49.9. The van der Waals surface area contributed by atoms with Crippen molar-refractivity contribution in [1.29, 1.82) is 0 Å². The van der Waals surface area contributed by atoms with E-state index in [1.807, 2.05) is 0 Å². The first-order chi connectivity index (χ1) is 56.8. The molecule has 0 amide bonds. The van der Waals surface area contributed by atoms with Gasteiger partial charge in [-0.3, -0.25) is 41.9 Å². The van der Waals surface area contributed by atoms with Crippen LogP contribution in [0.2, 0.25) is 0 Å². The van der Waals surface area contributed by atoms with Gasteiger partial charge >= 0.3 is 13.5 Å². The highest BCUT2D eigenvalue weighted by atomic mass is 32.7. The van der Waals surface area contributed by atoms with Gasteiger partial charge in [0.1, 0.15) is 85.6 Å². The summed E-state index contributed by atoms with van der Waals surface area (Å²) in [6.07, 6.45) is -23.1. The summed E-state index contributed by atoms with van der Waals surface area (Å²) < 4.78 is 148. The molecule has 6 aromatic heterocycles. The molecule has 6 fully saturated rings. The number of anilines is 2. The maximum atomic E-state index is 16.0. The van der Waals surface area contributed by atoms with Crippen LogP contribution in [0.25, 0.3) is 22.1 Å². The van der Waals surface area contributed by atoms with Crippen molar-refractivity contribution < 1.29 is 121 Å². The van der Waals surface area contributed by atoms with Gasteiger partial charge in [-0.2, -0.15) is 0 Å². The Hall–Kier alpha value is -5.37. The summed E-state index contributed by atoms with van der Waals surface area (Å²) >= 11 is 19.1. The van der Waals surface area contributed by atoms with Crippen LogP contribution < -0.4 is 63.4 Å². The number of ketones is 2. The molecule has 4 unspecified atom stereocenters. The number of amidine groups is 2. The van der Waals surface area contributed by atoms with Crippen molar-refractivity contribution in [2.75, 3.05) is 116 Å². The normalized spacial score (nSPS) is 31.9. The molecule has 0 bridgehead atoms. The van der Waals surface area contributed by atoms with Crippen LogP contribution >= 0.6 is 39.2 Å². The van der Waals surface area contributed by atoms with E-state index in [2.05, 4.69) is 135 Å². The van der Waals surface area contributed by atoms with E-state index in [0.29, 0.717) is 0 Å². The quantitative estimate of drug-likeness (QED) is 0.0352. The highest BCUT2D eigenvalue weighted by molar-refractivity contribution is 8.44. The van der Waals surface area contributed by atoms with E-state index in [9.17, 15) is 38.4 Å². The number of H-pyrrole nitrogens is 2. The van der Waals surface area contributed by atoms with Gasteiger partial charge in [-0.15, -0.1) is 0 Å². The summed E-state index contributed by atoms with van der Waals surface area (Å²) in [6.45, 7) is 21.1. The number of aromatic nitrogens is 10. The number of halogens is 4. The van der Waals surface area contributed by atoms with Crippen molar-refractivity contribution in [3.8, 4) is 0 Å². The van der Waals surface area contributed by atoms with Gasteiger partial charge in [0.15, 0.2) is 95.2 Å². The highest BCUT2D eigenvalue weighted by Crippen LogP contribution is 2.59. The molecule has 15 N–H and O–H groups in total. The molecule has 6 aromatic rings. The fourth-order valence-electron chi connectivity index (χ4n) is 14.2. The van der Waals surface area contributed by atoms with Gasteiger partial charge in [0.05, 0.1) is 154 Å². The second kappa shape index (κ2) is 43.2. The number of hydrogen-bond donors (Lipinski definition) is 12. The second-order valence-electron chi connectivity index (χ2n) is 28.5. The van der Waals surface area contributed by atoms with Crippen LogP contribution in [0.5, 0.6) is 0 Å². The van der Waals surface area contributed by atoms with Crippen molar-refractivity contribution in [3.05, 3.63) is 69.5 Å². The van der Waals surface area contributed by atoms with Crippen LogP contribution in [-0.4, -0.2) is 255 Å². The average Bonchev–Trinajstić information content (AvgIpc) is 1.62. The third-order valence-electron chi connectivity index (χ3n) is 21.2. The molecule has 14 heterocycles.